The fraction of sp³-hybridized carbons (Fsp3) is 0. The van der Waals surface area contributed by atoms with Crippen LogP contribution in [0.3, 0.4) is 0 Å². The van der Waals surface area contributed by atoms with Crippen LogP contribution < -0.4 is 0 Å². The van der Waals surface area contributed by atoms with Crippen LogP contribution >= 0.6 is 0 Å². The Balaban J connectivity index is -0.00000000500. The molecule has 0 aliphatic heterocycles. The minimum atomic E-state index is 0. The summed E-state index contributed by atoms with van der Waals surface area (Å²) in [5.74, 6) is 0. The van der Waals surface area contributed by atoms with Crippen molar-refractivity contribution in [2.45, 2.75) is 0 Å². The van der Waals surface area contributed by atoms with E-state index in [1.54, 1.807) is 0 Å². The van der Waals surface area contributed by atoms with E-state index in [0.29, 0.717) is 0 Å². The molecular formula is H3AgInOZn. The Hall–Kier alpha value is 2.03. The molecule has 1 nitrogen and oxygen atoms in total. The maximum absolute atomic E-state index is 8.38. The van der Waals surface area contributed by atoms with Crippen molar-refractivity contribution < 1.29 is 44.2 Å². The zero-order valence-electron chi connectivity index (χ0n) is 1.42. The van der Waals surface area contributed by atoms with Crippen LogP contribution in [-0.2, 0) is 44.2 Å². The zero-order valence-corrected chi connectivity index (χ0v) is 5.87. The third kappa shape index (κ3) is 8.98. The van der Waals surface area contributed by atoms with E-state index in [1.807, 2.05) is 0 Å². The van der Waals surface area contributed by atoms with Crippen LogP contribution in [0, 0.1) is 0 Å². The minimum absolute atomic E-state index is 0. The summed E-state index contributed by atoms with van der Waals surface area (Å²) in [5, 5.41) is 0. The van der Waals surface area contributed by atoms with Gasteiger partial charge in [-0.15, -0.1) is 0 Å². The van der Waals surface area contributed by atoms with E-state index in [2.05, 4.69) is 0 Å². The second-order valence-electron chi connectivity index (χ2n) is 0. The average Bonchev–Trinajstić information content (AvgIpc) is 1.00. The van der Waals surface area contributed by atoms with E-state index in [0.717, 1.165) is 0 Å². The van der Waals surface area contributed by atoms with E-state index >= 15 is 0 Å². The molecule has 0 aromatic rings. The number of hydrogen-bond donors (Lipinski definition) is 0. The van der Waals surface area contributed by atoms with Gasteiger partial charge in [-0.1, -0.05) is 0 Å². The molecule has 0 saturated carbocycles. The zero-order chi connectivity index (χ0) is 2.00. The first-order valence-electron chi connectivity index (χ1n) is 0.289. The van der Waals surface area contributed by atoms with E-state index in [9.17, 15) is 0 Å². The summed E-state index contributed by atoms with van der Waals surface area (Å²) in [6.45, 7) is 0. The molecule has 0 aromatic heterocycles. The maximum atomic E-state index is 8.38. The quantitative estimate of drug-likeness (QED) is 0.508. The van der Waals surface area contributed by atoms with Gasteiger partial charge in [-0.05, 0) is 0 Å². The van der Waals surface area contributed by atoms with Crippen molar-refractivity contribution in [3.8, 4) is 0 Å². The summed E-state index contributed by atoms with van der Waals surface area (Å²) in [6, 6.07) is 0. The first-order valence-corrected chi connectivity index (χ1v) is 1.50. The first kappa shape index (κ1) is 16.6. The molecule has 0 heterocycles. The van der Waals surface area contributed by atoms with Crippen molar-refractivity contribution in [1.29, 1.82) is 0 Å². The second kappa shape index (κ2) is 19.8. The average molecular weight is 307 g/mol. The molecule has 0 bridgehead atoms. The van der Waals surface area contributed by atoms with Crippen LogP contribution in [0.5, 0.6) is 0 Å². The van der Waals surface area contributed by atoms with Gasteiger partial charge < -0.3 is 0 Å². The van der Waals surface area contributed by atoms with Crippen molar-refractivity contribution in [1.82, 2.24) is 0 Å². The van der Waals surface area contributed by atoms with Gasteiger partial charge >= 0.3 is 47.7 Å². The molecule has 25 valence electrons. The predicted octanol–water partition coefficient (Wildman–Crippen LogP) is -1.31. The summed E-state index contributed by atoms with van der Waals surface area (Å²) in [4.78, 5) is 0. The third-order valence-electron chi connectivity index (χ3n) is 0. The van der Waals surface area contributed by atoms with Gasteiger partial charge in [0, 0.05) is 22.4 Å². The summed E-state index contributed by atoms with van der Waals surface area (Å²) >= 11 is 0.125. The van der Waals surface area contributed by atoms with Gasteiger partial charge in [-0.25, -0.2) is 0 Å². The number of hydrogen-bond acceptors (Lipinski definition) is 1. The summed E-state index contributed by atoms with van der Waals surface area (Å²) in [6.07, 6.45) is 0. The second-order valence-corrected chi connectivity index (χ2v) is 0. The molecule has 0 unspecified atom stereocenters. The van der Waals surface area contributed by atoms with E-state index in [1.165, 1.54) is 0 Å². The fourth-order valence-corrected chi connectivity index (χ4v) is 0. The van der Waals surface area contributed by atoms with Gasteiger partial charge in [0.15, 0.2) is 0 Å². The Morgan fingerprint density at radius 1 is 1.25 bits per heavy atom. The molecule has 0 aliphatic rings. The van der Waals surface area contributed by atoms with Crippen LogP contribution in [0.4, 0.5) is 0 Å². The Bertz CT molecular complexity index is 8.00. The summed E-state index contributed by atoms with van der Waals surface area (Å²) in [5.41, 5.74) is 0. The summed E-state index contributed by atoms with van der Waals surface area (Å²) in [7, 11) is 0. The SMILES string of the molecule is [Ag].[InH3].[O]=[Zn]. The van der Waals surface area contributed by atoms with Crippen molar-refractivity contribution in [2.24, 2.45) is 0 Å². The number of rotatable bonds is 0. The first-order chi connectivity index (χ1) is 1.00. The fourth-order valence-electron chi connectivity index (χ4n) is 0. The molecule has 0 spiro atoms. The van der Waals surface area contributed by atoms with Gasteiger partial charge in [0.25, 0.3) is 0 Å². The normalized spacial score (nSPS) is 1.50. The van der Waals surface area contributed by atoms with Gasteiger partial charge in [-0.3, -0.25) is 0 Å². The van der Waals surface area contributed by atoms with Crippen molar-refractivity contribution in [3.63, 3.8) is 0 Å². The van der Waals surface area contributed by atoms with Crippen LogP contribution in [0.15, 0.2) is 0 Å². The molecule has 0 fully saturated rings. The van der Waals surface area contributed by atoms with Crippen LogP contribution in [0.1, 0.15) is 0 Å². The van der Waals surface area contributed by atoms with Gasteiger partial charge in [0.05, 0.1) is 0 Å². The topological polar surface area (TPSA) is 17.1 Å². The predicted molar refractivity (Wildman–Crippen MR) is 10.6 cm³/mol. The van der Waals surface area contributed by atoms with Crippen LogP contribution in [-0.4, -0.2) is 25.8 Å². The molecular weight excluding hydrogens is 304 g/mol. The molecule has 0 aliphatic carbocycles. The Kier molecular flexibility index (Phi) is 82.2. The summed E-state index contributed by atoms with van der Waals surface area (Å²) < 4.78 is 8.38. The van der Waals surface area contributed by atoms with Crippen molar-refractivity contribution in [3.05, 3.63) is 0 Å². The molecule has 0 amide bonds. The van der Waals surface area contributed by atoms with Gasteiger partial charge in [-0.2, -0.15) is 0 Å². The Morgan fingerprint density at radius 3 is 1.25 bits per heavy atom. The van der Waals surface area contributed by atoms with Gasteiger partial charge in [0.2, 0.25) is 0 Å². The van der Waals surface area contributed by atoms with E-state index in [4.69, 9.17) is 3.57 Å². The molecule has 4 heavy (non-hydrogen) atoms. The molecule has 1 radical (unpaired) electrons. The van der Waals surface area contributed by atoms with Crippen molar-refractivity contribution in [2.75, 3.05) is 0 Å². The molecule has 0 saturated heterocycles. The molecule has 0 rings (SSSR count). The molecule has 0 N–H and O–H groups in total. The van der Waals surface area contributed by atoms with Gasteiger partial charge in [0.1, 0.15) is 0 Å². The van der Waals surface area contributed by atoms with E-state index < -0.39 is 0 Å². The van der Waals surface area contributed by atoms with Crippen LogP contribution in [0.2, 0.25) is 0 Å². The molecule has 4 heteroatoms. The van der Waals surface area contributed by atoms with E-state index in [-0.39, 0.29) is 66.5 Å². The van der Waals surface area contributed by atoms with Crippen LogP contribution in [0.25, 0.3) is 0 Å². The molecule has 0 atom stereocenters. The Labute approximate surface area is 69.1 Å². The Morgan fingerprint density at radius 2 is 1.25 bits per heavy atom. The standard InChI is InChI=1S/Ag.In.O.Zn.3H. The van der Waals surface area contributed by atoms with Crippen molar-refractivity contribution >= 4 is 25.8 Å². The molecule has 0 aromatic carbocycles. The monoisotopic (exact) mass is 305 g/mol. The third-order valence-corrected chi connectivity index (χ3v) is 0.